The smallest absolute Gasteiger partial charge is 0.254 e. The second kappa shape index (κ2) is 11.8. The van der Waals surface area contributed by atoms with E-state index in [0.29, 0.717) is 29.5 Å². The molecule has 3 amide bonds. The van der Waals surface area contributed by atoms with Crippen LogP contribution in [0.2, 0.25) is 0 Å². The Morgan fingerprint density at radius 1 is 1.00 bits per heavy atom. The van der Waals surface area contributed by atoms with Gasteiger partial charge in [-0.15, -0.1) is 11.3 Å². The van der Waals surface area contributed by atoms with Crippen molar-refractivity contribution in [1.29, 1.82) is 0 Å². The van der Waals surface area contributed by atoms with Crippen LogP contribution in [0.3, 0.4) is 0 Å². The summed E-state index contributed by atoms with van der Waals surface area (Å²) in [4.78, 5) is 48.6. The largest absolute Gasteiger partial charge is 0.340 e. The number of hydrogen-bond acceptors (Lipinski definition) is 6. The Labute approximate surface area is 225 Å². The molecule has 2 heterocycles. The topological polar surface area (TPSA) is 85.8 Å². The van der Waals surface area contributed by atoms with Crippen molar-refractivity contribution in [3.8, 4) is 0 Å². The van der Waals surface area contributed by atoms with Crippen LogP contribution in [0.5, 0.6) is 0 Å². The number of benzene rings is 2. The fourth-order valence-electron chi connectivity index (χ4n) is 4.53. The number of nitrogens with zero attached hydrogens (tertiary/aromatic N) is 4. The maximum absolute atomic E-state index is 13.2. The van der Waals surface area contributed by atoms with E-state index in [9.17, 15) is 18.8 Å². The van der Waals surface area contributed by atoms with Crippen LogP contribution in [0.1, 0.15) is 34.5 Å². The van der Waals surface area contributed by atoms with Crippen LogP contribution in [0.4, 0.5) is 9.52 Å². The molecule has 8 nitrogen and oxygen atoms in total. The molecule has 2 fully saturated rings. The molecule has 5 rings (SSSR count). The van der Waals surface area contributed by atoms with Gasteiger partial charge in [0.05, 0.1) is 12.1 Å². The molecular formula is C28H30FN5O3S. The van der Waals surface area contributed by atoms with Crippen LogP contribution in [0.25, 0.3) is 0 Å². The highest BCUT2D eigenvalue weighted by Crippen LogP contribution is 2.28. The molecule has 198 valence electrons. The Kier molecular flexibility index (Phi) is 8.09. The summed E-state index contributed by atoms with van der Waals surface area (Å²) < 4.78 is 13.2. The molecule has 2 aliphatic rings. The van der Waals surface area contributed by atoms with E-state index in [1.54, 1.807) is 5.38 Å². The predicted molar refractivity (Wildman–Crippen MR) is 143 cm³/mol. The summed E-state index contributed by atoms with van der Waals surface area (Å²) in [5.41, 5.74) is 2.23. The van der Waals surface area contributed by atoms with Crippen molar-refractivity contribution in [2.45, 2.75) is 31.8 Å². The summed E-state index contributed by atoms with van der Waals surface area (Å²) in [7, 11) is 0. The van der Waals surface area contributed by atoms with Gasteiger partial charge >= 0.3 is 0 Å². The maximum Gasteiger partial charge on any atom is 0.254 e. The Hall–Kier alpha value is -3.63. The number of nitrogens with one attached hydrogen (secondary N) is 1. The number of rotatable bonds is 9. The van der Waals surface area contributed by atoms with Crippen molar-refractivity contribution in [2.24, 2.45) is 0 Å². The Balaban J connectivity index is 1.09. The molecule has 1 saturated carbocycles. The SMILES string of the molecule is O=C(CN(C(=O)c1ccc(F)cc1)C1CC1)Nc1nc(CC(=O)N2CCN(Cc3ccccc3)CC2)cs1. The summed E-state index contributed by atoms with van der Waals surface area (Å²) in [6.07, 6.45) is 1.86. The van der Waals surface area contributed by atoms with Gasteiger partial charge in [0.25, 0.3) is 5.91 Å². The summed E-state index contributed by atoms with van der Waals surface area (Å²) in [5, 5.41) is 4.93. The van der Waals surface area contributed by atoms with Gasteiger partial charge in [-0.05, 0) is 42.7 Å². The zero-order valence-electron chi connectivity index (χ0n) is 21.0. The van der Waals surface area contributed by atoms with Crippen LogP contribution in [-0.4, -0.2) is 76.2 Å². The highest BCUT2D eigenvalue weighted by molar-refractivity contribution is 7.13. The van der Waals surface area contributed by atoms with Gasteiger partial charge in [0.1, 0.15) is 12.4 Å². The molecular weight excluding hydrogens is 505 g/mol. The normalized spacial score (nSPS) is 15.8. The Morgan fingerprint density at radius 2 is 1.71 bits per heavy atom. The van der Waals surface area contributed by atoms with E-state index in [1.807, 2.05) is 23.1 Å². The van der Waals surface area contributed by atoms with E-state index in [1.165, 1.54) is 46.1 Å². The zero-order valence-corrected chi connectivity index (χ0v) is 21.8. The van der Waals surface area contributed by atoms with E-state index in [2.05, 4.69) is 27.3 Å². The van der Waals surface area contributed by atoms with E-state index in [0.717, 1.165) is 32.5 Å². The third kappa shape index (κ3) is 6.81. The zero-order chi connectivity index (χ0) is 26.5. The molecule has 3 aromatic rings. The monoisotopic (exact) mass is 535 g/mol. The van der Waals surface area contributed by atoms with Crippen molar-refractivity contribution in [3.05, 3.63) is 82.6 Å². The maximum atomic E-state index is 13.2. The molecule has 2 aromatic carbocycles. The second-order valence-corrected chi connectivity index (χ2v) is 10.5. The van der Waals surface area contributed by atoms with Crippen LogP contribution in [-0.2, 0) is 22.6 Å². The molecule has 10 heteroatoms. The average molecular weight is 536 g/mol. The molecule has 0 bridgehead atoms. The molecule has 1 aromatic heterocycles. The van der Waals surface area contributed by atoms with Crippen molar-refractivity contribution in [2.75, 3.05) is 38.0 Å². The third-order valence-electron chi connectivity index (χ3n) is 6.76. The van der Waals surface area contributed by atoms with Gasteiger partial charge < -0.3 is 15.1 Å². The molecule has 1 aliphatic heterocycles. The number of carbonyl (C=O) groups excluding carboxylic acids is 3. The lowest BCUT2D eigenvalue weighted by Gasteiger charge is -2.34. The minimum atomic E-state index is -0.416. The lowest BCUT2D eigenvalue weighted by molar-refractivity contribution is -0.132. The number of halogens is 1. The number of hydrogen-bond donors (Lipinski definition) is 1. The van der Waals surface area contributed by atoms with Crippen molar-refractivity contribution < 1.29 is 18.8 Å². The Morgan fingerprint density at radius 3 is 2.39 bits per heavy atom. The molecule has 1 saturated heterocycles. The molecule has 38 heavy (non-hydrogen) atoms. The van der Waals surface area contributed by atoms with Crippen molar-refractivity contribution in [3.63, 3.8) is 0 Å². The van der Waals surface area contributed by atoms with Gasteiger partial charge in [-0.25, -0.2) is 9.37 Å². The quantitative estimate of drug-likeness (QED) is 0.454. The van der Waals surface area contributed by atoms with E-state index < -0.39 is 5.82 Å². The van der Waals surface area contributed by atoms with Crippen LogP contribution < -0.4 is 5.32 Å². The van der Waals surface area contributed by atoms with Crippen molar-refractivity contribution in [1.82, 2.24) is 19.7 Å². The molecule has 0 radical (unpaired) electrons. The first-order valence-electron chi connectivity index (χ1n) is 12.8. The molecule has 1 aliphatic carbocycles. The summed E-state index contributed by atoms with van der Waals surface area (Å²) in [6, 6.07) is 15.7. The molecule has 1 N–H and O–H groups in total. The number of anilines is 1. The van der Waals surface area contributed by atoms with Gasteiger partial charge in [-0.2, -0.15) is 0 Å². The summed E-state index contributed by atoms with van der Waals surface area (Å²) >= 11 is 1.26. The van der Waals surface area contributed by atoms with Gasteiger partial charge in [-0.1, -0.05) is 30.3 Å². The first kappa shape index (κ1) is 26.0. The highest BCUT2D eigenvalue weighted by atomic mass is 32.1. The van der Waals surface area contributed by atoms with Crippen LogP contribution in [0.15, 0.2) is 60.0 Å². The van der Waals surface area contributed by atoms with Crippen LogP contribution in [0, 0.1) is 5.82 Å². The second-order valence-electron chi connectivity index (χ2n) is 9.68. The summed E-state index contributed by atoms with van der Waals surface area (Å²) in [5.74, 6) is -1.04. The number of piperazine rings is 1. The lowest BCUT2D eigenvalue weighted by Crippen LogP contribution is -2.48. The van der Waals surface area contributed by atoms with E-state index in [-0.39, 0.29) is 36.7 Å². The standard InChI is InChI=1S/C28H30FN5O3S/c29-22-8-6-21(7-9-22)27(37)34(24-10-11-24)18-25(35)31-28-30-23(19-38-28)16-26(36)33-14-12-32(13-15-33)17-20-4-2-1-3-5-20/h1-9,19,24H,10-18H2,(H,30,31,35). The fraction of sp³-hybridized carbons (Fsp3) is 0.357. The number of amides is 3. The minimum Gasteiger partial charge on any atom is -0.340 e. The number of aromatic nitrogens is 1. The van der Waals surface area contributed by atoms with Crippen LogP contribution >= 0.6 is 11.3 Å². The van der Waals surface area contributed by atoms with E-state index in [4.69, 9.17) is 0 Å². The first-order chi connectivity index (χ1) is 18.4. The minimum absolute atomic E-state index is 0.0101. The fourth-order valence-corrected chi connectivity index (χ4v) is 5.26. The van der Waals surface area contributed by atoms with Gasteiger partial charge in [0.2, 0.25) is 11.8 Å². The number of thiazole rings is 1. The Bertz CT molecular complexity index is 1270. The van der Waals surface area contributed by atoms with Gasteiger partial charge in [-0.3, -0.25) is 19.3 Å². The number of carbonyl (C=O) groups is 3. The van der Waals surface area contributed by atoms with Crippen molar-refractivity contribution >= 4 is 34.2 Å². The summed E-state index contributed by atoms with van der Waals surface area (Å²) in [6.45, 7) is 3.78. The third-order valence-corrected chi connectivity index (χ3v) is 7.56. The molecule has 0 atom stereocenters. The van der Waals surface area contributed by atoms with E-state index >= 15 is 0 Å². The molecule has 0 spiro atoms. The first-order valence-corrected chi connectivity index (χ1v) is 13.7. The lowest BCUT2D eigenvalue weighted by atomic mass is 10.2. The van der Waals surface area contributed by atoms with Gasteiger partial charge in [0, 0.05) is 49.7 Å². The highest BCUT2D eigenvalue weighted by Gasteiger charge is 2.34. The molecule has 0 unspecified atom stereocenters. The van der Waals surface area contributed by atoms with Gasteiger partial charge in [0.15, 0.2) is 5.13 Å². The predicted octanol–water partition coefficient (Wildman–Crippen LogP) is 3.41. The average Bonchev–Trinajstić information content (AvgIpc) is 3.68.